The number of likely N-dealkylation sites (tertiary alicyclic amines) is 1. The summed E-state index contributed by atoms with van der Waals surface area (Å²) >= 11 is 0. The fraction of sp³-hybridized carbons (Fsp3) is 0.474. The molecule has 1 N–H and O–H groups in total. The molecule has 1 aliphatic rings. The molecule has 0 unspecified atom stereocenters. The summed E-state index contributed by atoms with van der Waals surface area (Å²) in [4.78, 5) is 16.6. The van der Waals surface area contributed by atoms with Crippen molar-refractivity contribution in [2.24, 2.45) is 0 Å². The fourth-order valence-corrected chi connectivity index (χ4v) is 3.18. The zero-order valence-corrected chi connectivity index (χ0v) is 14.6. The Balaban J connectivity index is 1.62. The average Bonchev–Trinajstić information content (AvgIpc) is 3.08. The lowest BCUT2D eigenvalue weighted by atomic mass is 10.1. The molecule has 6 nitrogen and oxygen atoms in total. The number of carbonyl (C=O) groups excluding carboxylic acids is 1. The molecular weight excluding hydrogens is 318 g/mol. The maximum atomic E-state index is 12.7. The number of carbonyl (C=O) groups is 1. The summed E-state index contributed by atoms with van der Waals surface area (Å²) in [6.07, 6.45) is 1.54. The van der Waals surface area contributed by atoms with E-state index in [0.717, 1.165) is 24.9 Å². The molecule has 3 rings (SSSR count). The Labute approximate surface area is 148 Å². The molecule has 1 saturated heterocycles. The Hall–Kier alpha value is -2.18. The number of β-amino-alcohol motifs (C(OH)–C–C–N with tert-alkyl or cyclic N) is 1. The summed E-state index contributed by atoms with van der Waals surface area (Å²) in [6, 6.07) is 11.6. The second-order valence-corrected chi connectivity index (χ2v) is 6.51. The van der Waals surface area contributed by atoms with Gasteiger partial charge < -0.3 is 14.5 Å². The van der Waals surface area contributed by atoms with Crippen LogP contribution in [0.4, 0.5) is 0 Å². The van der Waals surface area contributed by atoms with Crippen LogP contribution in [0, 0.1) is 0 Å². The van der Waals surface area contributed by atoms with E-state index in [9.17, 15) is 9.90 Å². The van der Waals surface area contributed by atoms with E-state index in [1.165, 1.54) is 0 Å². The van der Waals surface area contributed by atoms with E-state index < -0.39 is 0 Å². The van der Waals surface area contributed by atoms with Gasteiger partial charge in [0, 0.05) is 25.7 Å². The molecule has 1 aliphatic heterocycles. The molecule has 0 spiro atoms. The lowest BCUT2D eigenvalue weighted by Gasteiger charge is -2.28. The predicted molar refractivity (Wildman–Crippen MR) is 93.9 cm³/mol. The molecule has 0 radical (unpaired) electrons. The molecule has 1 aromatic carbocycles. The van der Waals surface area contributed by atoms with Crippen LogP contribution in [0.3, 0.4) is 0 Å². The Morgan fingerprint density at radius 3 is 2.92 bits per heavy atom. The summed E-state index contributed by atoms with van der Waals surface area (Å²) in [5, 5.41) is 13.7. The molecule has 25 heavy (non-hydrogen) atoms. The first-order valence-corrected chi connectivity index (χ1v) is 8.85. The van der Waals surface area contributed by atoms with Crippen LogP contribution in [-0.2, 0) is 13.1 Å². The van der Waals surface area contributed by atoms with Gasteiger partial charge in [0.2, 0.25) is 0 Å². The molecule has 2 heterocycles. The number of aromatic nitrogens is 1. The largest absolute Gasteiger partial charge is 0.392 e. The topological polar surface area (TPSA) is 69.8 Å². The molecule has 1 atom stereocenters. The quantitative estimate of drug-likeness (QED) is 0.871. The van der Waals surface area contributed by atoms with Crippen molar-refractivity contribution in [3.8, 4) is 0 Å². The molecule has 6 heteroatoms. The molecule has 2 aromatic rings. The molecule has 0 aliphatic carbocycles. The molecule has 134 valence electrons. The highest BCUT2D eigenvalue weighted by molar-refractivity contribution is 5.92. The zero-order valence-electron chi connectivity index (χ0n) is 14.6. The van der Waals surface area contributed by atoms with Crippen LogP contribution in [0.1, 0.15) is 41.6 Å². The van der Waals surface area contributed by atoms with Crippen molar-refractivity contribution >= 4 is 5.91 Å². The number of piperidine rings is 1. The smallest absolute Gasteiger partial charge is 0.276 e. The summed E-state index contributed by atoms with van der Waals surface area (Å²) in [7, 11) is 0. The maximum absolute atomic E-state index is 12.7. The minimum absolute atomic E-state index is 0.125. The van der Waals surface area contributed by atoms with Gasteiger partial charge in [0.05, 0.1) is 12.6 Å². The summed E-state index contributed by atoms with van der Waals surface area (Å²) in [5.41, 5.74) is 1.43. The van der Waals surface area contributed by atoms with Crippen molar-refractivity contribution in [2.75, 3.05) is 19.6 Å². The third kappa shape index (κ3) is 4.67. The first-order valence-electron chi connectivity index (χ1n) is 8.85. The lowest BCUT2D eigenvalue weighted by molar-refractivity contribution is 0.0622. The summed E-state index contributed by atoms with van der Waals surface area (Å²) in [6.45, 7) is 5.25. The van der Waals surface area contributed by atoms with Gasteiger partial charge in [-0.1, -0.05) is 35.5 Å². The van der Waals surface area contributed by atoms with Crippen molar-refractivity contribution in [3.05, 3.63) is 53.4 Å². The molecule has 1 amide bonds. The van der Waals surface area contributed by atoms with Crippen LogP contribution in [0.5, 0.6) is 0 Å². The van der Waals surface area contributed by atoms with Gasteiger partial charge in [-0.2, -0.15) is 0 Å². The highest BCUT2D eigenvalue weighted by Crippen LogP contribution is 2.16. The molecule has 0 saturated carbocycles. The number of hydrogen-bond donors (Lipinski definition) is 1. The first-order chi connectivity index (χ1) is 12.2. The number of benzene rings is 1. The van der Waals surface area contributed by atoms with Crippen LogP contribution in [0.15, 0.2) is 40.9 Å². The Bertz CT molecular complexity index is 686. The van der Waals surface area contributed by atoms with E-state index in [4.69, 9.17) is 4.52 Å². The minimum Gasteiger partial charge on any atom is -0.392 e. The van der Waals surface area contributed by atoms with Crippen molar-refractivity contribution in [1.82, 2.24) is 15.0 Å². The van der Waals surface area contributed by atoms with E-state index in [0.29, 0.717) is 37.6 Å². The van der Waals surface area contributed by atoms with Gasteiger partial charge in [-0.25, -0.2) is 0 Å². The Morgan fingerprint density at radius 1 is 1.40 bits per heavy atom. The van der Waals surface area contributed by atoms with Crippen LogP contribution >= 0.6 is 0 Å². The van der Waals surface area contributed by atoms with E-state index in [1.807, 2.05) is 37.3 Å². The van der Waals surface area contributed by atoms with E-state index in [1.54, 1.807) is 11.0 Å². The van der Waals surface area contributed by atoms with Gasteiger partial charge in [0.15, 0.2) is 11.5 Å². The SMILES string of the molecule is CCN(Cc1ccccc1)C(=O)c1cc(CN2CCC[C@@H](O)C2)on1. The van der Waals surface area contributed by atoms with Crippen molar-refractivity contribution < 1.29 is 14.4 Å². The van der Waals surface area contributed by atoms with Crippen molar-refractivity contribution in [2.45, 2.75) is 39.0 Å². The second-order valence-electron chi connectivity index (χ2n) is 6.51. The summed E-state index contributed by atoms with van der Waals surface area (Å²) < 4.78 is 5.35. The van der Waals surface area contributed by atoms with E-state index in [-0.39, 0.29) is 12.0 Å². The number of rotatable bonds is 6. The fourth-order valence-electron chi connectivity index (χ4n) is 3.18. The standard InChI is InChI=1S/C19H25N3O3/c1-2-22(12-15-7-4-3-5-8-15)19(24)18-11-17(25-20-18)14-21-10-6-9-16(23)13-21/h3-5,7-8,11,16,23H,2,6,9-10,12-14H2,1H3/t16-/m1/s1. The van der Waals surface area contributed by atoms with Crippen molar-refractivity contribution in [1.29, 1.82) is 0 Å². The summed E-state index contributed by atoms with van der Waals surface area (Å²) in [5.74, 6) is 0.535. The zero-order chi connectivity index (χ0) is 17.6. The Morgan fingerprint density at radius 2 is 2.20 bits per heavy atom. The number of nitrogens with zero attached hydrogens (tertiary/aromatic N) is 3. The first kappa shape index (κ1) is 17.6. The number of aliphatic hydroxyl groups excluding tert-OH is 1. The van der Waals surface area contributed by atoms with Crippen LogP contribution in [0.2, 0.25) is 0 Å². The van der Waals surface area contributed by atoms with Gasteiger partial charge in [-0.3, -0.25) is 9.69 Å². The van der Waals surface area contributed by atoms with Crippen molar-refractivity contribution in [3.63, 3.8) is 0 Å². The van der Waals surface area contributed by atoms with Crippen LogP contribution in [0.25, 0.3) is 0 Å². The normalized spacial score (nSPS) is 18.2. The second kappa shape index (κ2) is 8.27. The van der Waals surface area contributed by atoms with Gasteiger partial charge in [0.1, 0.15) is 0 Å². The molecule has 1 fully saturated rings. The number of amides is 1. The predicted octanol–water partition coefficient (Wildman–Crippen LogP) is 2.29. The van der Waals surface area contributed by atoms with E-state index in [2.05, 4.69) is 10.1 Å². The highest BCUT2D eigenvalue weighted by Gasteiger charge is 2.22. The third-order valence-electron chi connectivity index (χ3n) is 4.52. The Kier molecular flexibility index (Phi) is 5.83. The molecule has 0 bridgehead atoms. The molecular formula is C19H25N3O3. The monoisotopic (exact) mass is 343 g/mol. The van der Waals surface area contributed by atoms with Gasteiger partial charge in [-0.05, 0) is 31.9 Å². The van der Waals surface area contributed by atoms with Gasteiger partial charge in [-0.15, -0.1) is 0 Å². The average molecular weight is 343 g/mol. The molecule has 1 aromatic heterocycles. The highest BCUT2D eigenvalue weighted by atomic mass is 16.5. The van der Waals surface area contributed by atoms with Crippen LogP contribution < -0.4 is 0 Å². The number of aliphatic hydroxyl groups is 1. The number of hydrogen-bond acceptors (Lipinski definition) is 5. The van der Waals surface area contributed by atoms with E-state index >= 15 is 0 Å². The van der Waals surface area contributed by atoms with Gasteiger partial charge in [0.25, 0.3) is 5.91 Å². The maximum Gasteiger partial charge on any atom is 0.276 e. The lowest BCUT2D eigenvalue weighted by Crippen LogP contribution is -2.37. The van der Waals surface area contributed by atoms with Gasteiger partial charge >= 0.3 is 0 Å². The minimum atomic E-state index is -0.278. The van der Waals surface area contributed by atoms with Crippen LogP contribution in [-0.4, -0.2) is 51.7 Å². The third-order valence-corrected chi connectivity index (χ3v) is 4.52.